The van der Waals surface area contributed by atoms with E-state index in [0.29, 0.717) is 6.61 Å². The highest BCUT2D eigenvalue weighted by molar-refractivity contribution is 7.12. The number of rotatable bonds is 3. The number of nitrogens with one attached hydrogen (secondary N) is 1. The number of carbonyl (C=O) groups is 1. The van der Waals surface area contributed by atoms with Gasteiger partial charge in [0.25, 0.3) is 5.91 Å². The smallest absolute Gasteiger partial charge is 0.264 e. The summed E-state index contributed by atoms with van der Waals surface area (Å²) < 4.78 is 6.18. The van der Waals surface area contributed by atoms with E-state index in [0.717, 1.165) is 48.6 Å². The monoisotopic (exact) mass is 357 g/mol. The normalized spacial score (nSPS) is 22.3. The number of likely N-dealkylation sites (tertiary alicyclic amines) is 1. The molecule has 0 aromatic carbocycles. The van der Waals surface area contributed by atoms with E-state index in [1.165, 1.54) is 11.3 Å². The summed E-state index contributed by atoms with van der Waals surface area (Å²) in [6.07, 6.45) is 4.58. The molecule has 2 aliphatic heterocycles. The Labute approximate surface area is 152 Å². The van der Waals surface area contributed by atoms with E-state index in [2.05, 4.69) is 10.3 Å². The lowest BCUT2D eigenvalue weighted by Crippen LogP contribution is -2.46. The van der Waals surface area contributed by atoms with Crippen molar-refractivity contribution in [2.24, 2.45) is 0 Å². The molecule has 0 unspecified atom stereocenters. The van der Waals surface area contributed by atoms with E-state index in [4.69, 9.17) is 4.74 Å². The van der Waals surface area contributed by atoms with Crippen LogP contribution in [-0.4, -0.2) is 47.1 Å². The average molecular weight is 357 g/mol. The highest BCUT2D eigenvalue weighted by atomic mass is 32.1. The number of aryl methyl sites for hydroxylation is 1. The molecule has 0 saturated carbocycles. The lowest BCUT2D eigenvalue weighted by atomic mass is 9.87. The lowest BCUT2D eigenvalue weighted by molar-refractivity contribution is -0.0387. The van der Waals surface area contributed by atoms with Crippen molar-refractivity contribution in [3.05, 3.63) is 46.3 Å². The third kappa shape index (κ3) is 3.41. The summed E-state index contributed by atoms with van der Waals surface area (Å²) in [5.41, 5.74) is 0.986. The Morgan fingerprint density at radius 3 is 2.88 bits per heavy atom. The zero-order chi connectivity index (χ0) is 17.3. The third-order valence-electron chi connectivity index (χ3n) is 5.24. The van der Waals surface area contributed by atoms with Crippen molar-refractivity contribution in [2.75, 3.05) is 25.0 Å². The Kier molecular flexibility index (Phi) is 4.48. The van der Waals surface area contributed by atoms with Gasteiger partial charge in [0.1, 0.15) is 5.82 Å². The second-order valence-corrected chi connectivity index (χ2v) is 7.90. The summed E-state index contributed by atoms with van der Waals surface area (Å²) >= 11 is 1.54. The number of hydrogen-bond acceptors (Lipinski definition) is 5. The summed E-state index contributed by atoms with van der Waals surface area (Å²) in [6.45, 7) is 4.25. The number of ether oxygens (including phenoxy) is 1. The van der Waals surface area contributed by atoms with Crippen LogP contribution in [-0.2, 0) is 4.74 Å². The highest BCUT2D eigenvalue weighted by Crippen LogP contribution is 2.37. The molecule has 4 rings (SSSR count). The summed E-state index contributed by atoms with van der Waals surface area (Å²) in [6, 6.07) is 8.18. The van der Waals surface area contributed by atoms with E-state index < -0.39 is 0 Å². The second kappa shape index (κ2) is 6.77. The van der Waals surface area contributed by atoms with E-state index >= 15 is 0 Å². The molecule has 0 bridgehead atoms. The predicted molar refractivity (Wildman–Crippen MR) is 99.1 cm³/mol. The van der Waals surface area contributed by atoms with Crippen LogP contribution in [0.15, 0.2) is 35.8 Å². The first-order chi connectivity index (χ1) is 12.2. The Morgan fingerprint density at radius 2 is 2.20 bits per heavy atom. The van der Waals surface area contributed by atoms with Gasteiger partial charge in [0.15, 0.2) is 0 Å². The van der Waals surface area contributed by atoms with Gasteiger partial charge in [0.2, 0.25) is 0 Å². The first-order valence-electron chi connectivity index (χ1n) is 8.80. The first kappa shape index (κ1) is 16.5. The maximum Gasteiger partial charge on any atom is 0.264 e. The van der Waals surface area contributed by atoms with Crippen molar-refractivity contribution in [3.8, 4) is 0 Å². The molecule has 0 aliphatic carbocycles. The molecule has 2 aromatic heterocycles. The van der Waals surface area contributed by atoms with Gasteiger partial charge >= 0.3 is 0 Å². The Balaban J connectivity index is 1.34. The van der Waals surface area contributed by atoms with Crippen molar-refractivity contribution < 1.29 is 9.53 Å². The number of thiophene rings is 1. The van der Waals surface area contributed by atoms with Crippen LogP contribution in [0.2, 0.25) is 0 Å². The van der Waals surface area contributed by atoms with Crippen molar-refractivity contribution in [2.45, 2.75) is 37.8 Å². The quantitative estimate of drug-likeness (QED) is 0.915. The molecule has 1 N–H and O–H groups in total. The SMILES string of the molecule is Cc1ccsc1C(=O)N1CCC2(CC1)C[C@H](Nc1ccccn1)CO2. The molecular weight excluding hydrogens is 334 g/mol. The molecule has 4 heterocycles. The number of pyridine rings is 1. The molecule has 2 fully saturated rings. The van der Waals surface area contributed by atoms with Crippen LogP contribution >= 0.6 is 11.3 Å². The fourth-order valence-corrected chi connectivity index (χ4v) is 4.69. The predicted octanol–water partition coefficient (Wildman–Crippen LogP) is 3.33. The molecule has 1 spiro atoms. The molecule has 1 amide bonds. The fourth-order valence-electron chi connectivity index (χ4n) is 3.80. The molecule has 2 aromatic rings. The van der Waals surface area contributed by atoms with Gasteiger partial charge in [-0.25, -0.2) is 4.98 Å². The molecular formula is C19H23N3O2S. The van der Waals surface area contributed by atoms with E-state index in [1.54, 1.807) is 6.20 Å². The number of aromatic nitrogens is 1. The number of hydrogen-bond donors (Lipinski definition) is 1. The topological polar surface area (TPSA) is 54.5 Å². The van der Waals surface area contributed by atoms with Crippen LogP contribution in [0.4, 0.5) is 5.82 Å². The van der Waals surface area contributed by atoms with Crippen LogP contribution in [0, 0.1) is 6.92 Å². The van der Waals surface area contributed by atoms with E-state index in [-0.39, 0.29) is 17.6 Å². The van der Waals surface area contributed by atoms with Crippen molar-refractivity contribution >= 4 is 23.1 Å². The molecule has 6 heteroatoms. The van der Waals surface area contributed by atoms with Crippen molar-refractivity contribution in [1.82, 2.24) is 9.88 Å². The summed E-state index contributed by atoms with van der Waals surface area (Å²) in [7, 11) is 0. The second-order valence-electron chi connectivity index (χ2n) is 6.98. The Hall–Kier alpha value is -1.92. The van der Waals surface area contributed by atoms with Crippen LogP contribution < -0.4 is 5.32 Å². The minimum Gasteiger partial charge on any atom is -0.373 e. The van der Waals surface area contributed by atoms with Gasteiger partial charge in [-0.3, -0.25) is 4.79 Å². The lowest BCUT2D eigenvalue weighted by Gasteiger charge is -2.38. The molecule has 2 aliphatic rings. The Bertz CT molecular complexity index is 738. The molecule has 132 valence electrons. The van der Waals surface area contributed by atoms with E-state index in [9.17, 15) is 4.79 Å². The zero-order valence-electron chi connectivity index (χ0n) is 14.4. The van der Waals surface area contributed by atoms with Crippen LogP contribution in [0.5, 0.6) is 0 Å². The molecule has 25 heavy (non-hydrogen) atoms. The number of amides is 1. The van der Waals surface area contributed by atoms with Crippen LogP contribution in [0.3, 0.4) is 0 Å². The van der Waals surface area contributed by atoms with Crippen molar-refractivity contribution in [3.63, 3.8) is 0 Å². The van der Waals surface area contributed by atoms with Gasteiger partial charge in [0, 0.05) is 19.3 Å². The summed E-state index contributed by atoms with van der Waals surface area (Å²) in [5.74, 6) is 1.07. The number of carbonyl (C=O) groups excluding carboxylic acids is 1. The fraction of sp³-hybridized carbons (Fsp3) is 0.474. The van der Waals surface area contributed by atoms with Crippen molar-refractivity contribution in [1.29, 1.82) is 0 Å². The number of nitrogens with zero attached hydrogens (tertiary/aromatic N) is 2. The van der Waals surface area contributed by atoms with Gasteiger partial charge in [0.05, 0.1) is 23.1 Å². The van der Waals surface area contributed by atoms with Gasteiger partial charge < -0.3 is 15.0 Å². The first-order valence-corrected chi connectivity index (χ1v) is 9.68. The minimum atomic E-state index is -0.0896. The zero-order valence-corrected chi connectivity index (χ0v) is 15.2. The Morgan fingerprint density at radius 1 is 1.36 bits per heavy atom. The van der Waals surface area contributed by atoms with E-state index in [1.807, 2.05) is 41.5 Å². The molecule has 1 atom stereocenters. The standard InChI is InChI=1S/C19H23N3O2S/c1-14-5-11-25-17(14)18(23)22-9-6-19(7-10-22)12-15(13-24-19)21-16-4-2-3-8-20-16/h2-5,8,11,15H,6-7,9-10,12-13H2,1H3,(H,20,21)/t15-/m0/s1. The molecule has 0 radical (unpaired) electrons. The van der Waals surface area contributed by atoms with Crippen LogP contribution in [0.25, 0.3) is 0 Å². The van der Waals surface area contributed by atoms with Gasteiger partial charge in [-0.15, -0.1) is 11.3 Å². The average Bonchev–Trinajstić information content (AvgIpc) is 3.23. The largest absolute Gasteiger partial charge is 0.373 e. The van der Waals surface area contributed by atoms with Gasteiger partial charge in [-0.05, 0) is 55.3 Å². The third-order valence-corrected chi connectivity index (χ3v) is 6.25. The molecule has 5 nitrogen and oxygen atoms in total. The molecule has 2 saturated heterocycles. The maximum absolute atomic E-state index is 12.7. The van der Waals surface area contributed by atoms with Crippen LogP contribution in [0.1, 0.15) is 34.5 Å². The van der Waals surface area contributed by atoms with Gasteiger partial charge in [-0.2, -0.15) is 0 Å². The minimum absolute atomic E-state index is 0.0896. The summed E-state index contributed by atoms with van der Waals surface area (Å²) in [5, 5.41) is 5.45. The number of piperidine rings is 1. The summed E-state index contributed by atoms with van der Waals surface area (Å²) in [4.78, 5) is 19.8. The number of anilines is 1. The van der Waals surface area contributed by atoms with Gasteiger partial charge in [-0.1, -0.05) is 6.07 Å². The maximum atomic E-state index is 12.7. The highest BCUT2D eigenvalue weighted by Gasteiger charge is 2.43.